The van der Waals surface area contributed by atoms with E-state index in [-0.39, 0.29) is 0 Å². The number of alkyl halides is 1. The Kier molecular flexibility index (Phi) is 3.00. The summed E-state index contributed by atoms with van der Waals surface area (Å²) < 4.78 is 7.52. The number of ether oxygens (including phenoxy) is 1. The molecular weight excluding hydrogens is 284 g/mol. The summed E-state index contributed by atoms with van der Waals surface area (Å²) in [5.41, 5.74) is 1.14. The van der Waals surface area contributed by atoms with Crippen LogP contribution in [0.4, 0.5) is 0 Å². The van der Waals surface area contributed by atoms with Crippen LogP contribution in [0.5, 0.6) is 5.75 Å². The Morgan fingerprint density at radius 2 is 2.29 bits per heavy atom. The van der Waals surface area contributed by atoms with Crippen molar-refractivity contribution < 1.29 is 4.74 Å². The quantitative estimate of drug-likeness (QED) is 0.745. The minimum absolute atomic E-state index is 0.527. The number of hydrogen-bond acceptors (Lipinski definition) is 2. The summed E-state index contributed by atoms with van der Waals surface area (Å²) >= 11 is 11.0. The van der Waals surface area contributed by atoms with Crippen molar-refractivity contribution in [1.82, 2.24) is 0 Å². The fourth-order valence-electron chi connectivity index (χ4n) is 1.41. The van der Waals surface area contributed by atoms with E-state index in [0.717, 1.165) is 21.2 Å². The SMILES string of the molecule is COc1csc2c(CCl)cc(Br)cc12. The molecule has 0 saturated heterocycles. The van der Waals surface area contributed by atoms with Gasteiger partial charge < -0.3 is 4.74 Å². The predicted molar refractivity (Wildman–Crippen MR) is 65.6 cm³/mol. The Morgan fingerprint density at radius 1 is 1.50 bits per heavy atom. The molecule has 0 radical (unpaired) electrons. The summed E-state index contributed by atoms with van der Waals surface area (Å²) in [6.45, 7) is 0. The van der Waals surface area contributed by atoms with Crippen LogP contribution < -0.4 is 4.74 Å². The van der Waals surface area contributed by atoms with Crippen molar-refractivity contribution in [1.29, 1.82) is 0 Å². The van der Waals surface area contributed by atoms with Gasteiger partial charge in [0.15, 0.2) is 0 Å². The van der Waals surface area contributed by atoms with E-state index in [2.05, 4.69) is 22.0 Å². The number of halogens is 2. The third-order valence-electron chi connectivity index (χ3n) is 2.04. The van der Waals surface area contributed by atoms with Gasteiger partial charge in [-0.15, -0.1) is 22.9 Å². The monoisotopic (exact) mass is 290 g/mol. The molecule has 0 spiro atoms. The second kappa shape index (κ2) is 4.09. The van der Waals surface area contributed by atoms with Crippen LogP contribution in [0.15, 0.2) is 22.0 Å². The van der Waals surface area contributed by atoms with Gasteiger partial charge in [0.1, 0.15) is 5.75 Å². The van der Waals surface area contributed by atoms with Crippen LogP contribution in [0.3, 0.4) is 0 Å². The lowest BCUT2D eigenvalue weighted by atomic mass is 10.2. The first-order valence-corrected chi connectivity index (χ1v) is 6.26. The van der Waals surface area contributed by atoms with Crippen LogP contribution in [0, 0.1) is 0 Å². The maximum atomic E-state index is 5.88. The number of methoxy groups -OCH3 is 1. The molecule has 1 aromatic carbocycles. The first-order valence-electron chi connectivity index (χ1n) is 4.06. The molecule has 0 saturated carbocycles. The first kappa shape index (κ1) is 10.3. The molecule has 1 heterocycles. The first-order chi connectivity index (χ1) is 6.76. The zero-order valence-corrected chi connectivity index (χ0v) is 10.7. The summed E-state index contributed by atoms with van der Waals surface area (Å²) in [4.78, 5) is 0. The maximum absolute atomic E-state index is 5.88. The van der Waals surface area contributed by atoms with Gasteiger partial charge in [-0.25, -0.2) is 0 Å². The van der Waals surface area contributed by atoms with Crippen LogP contribution in [0.25, 0.3) is 10.1 Å². The van der Waals surface area contributed by atoms with Crippen LogP contribution in [-0.4, -0.2) is 7.11 Å². The number of rotatable bonds is 2. The molecule has 1 aromatic heterocycles. The largest absolute Gasteiger partial charge is 0.495 e. The minimum Gasteiger partial charge on any atom is -0.495 e. The molecule has 0 atom stereocenters. The second-order valence-corrected chi connectivity index (χ2v) is 4.94. The number of benzene rings is 1. The van der Waals surface area contributed by atoms with Crippen molar-refractivity contribution in [2.24, 2.45) is 0 Å². The Labute approximate surface area is 99.8 Å². The van der Waals surface area contributed by atoms with E-state index in [1.54, 1.807) is 18.4 Å². The molecule has 4 heteroatoms. The van der Waals surface area contributed by atoms with Gasteiger partial charge >= 0.3 is 0 Å². The average molecular weight is 292 g/mol. The van der Waals surface area contributed by atoms with Crippen LogP contribution in [-0.2, 0) is 5.88 Å². The standard InChI is InChI=1S/C10H8BrClOS/c1-13-9-5-14-10-6(4-12)2-7(11)3-8(9)10/h2-3,5H,4H2,1H3. The van der Waals surface area contributed by atoms with E-state index in [1.165, 1.54) is 4.70 Å². The van der Waals surface area contributed by atoms with Gasteiger partial charge in [-0.1, -0.05) is 15.9 Å². The Hall–Kier alpha value is -0.250. The van der Waals surface area contributed by atoms with Crippen LogP contribution in [0.1, 0.15) is 5.56 Å². The molecule has 0 fully saturated rings. The normalized spacial score (nSPS) is 10.8. The summed E-state index contributed by atoms with van der Waals surface area (Å²) in [6, 6.07) is 4.10. The molecule has 0 aliphatic carbocycles. The van der Waals surface area contributed by atoms with Gasteiger partial charge in [-0.3, -0.25) is 0 Å². The van der Waals surface area contributed by atoms with Gasteiger partial charge in [-0.05, 0) is 17.7 Å². The molecule has 0 bridgehead atoms. The van der Waals surface area contributed by atoms with Crippen molar-refractivity contribution in [3.8, 4) is 5.75 Å². The van der Waals surface area contributed by atoms with Crippen LogP contribution >= 0.6 is 38.9 Å². The fraction of sp³-hybridized carbons (Fsp3) is 0.200. The van der Waals surface area contributed by atoms with Crippen molar-refractivity contribution in [3.05, 3.63) is 27.5 Å². The zero-order valence-electron chi connectivity index (χ0n) is 7.51. The molecule has 74 valence electrons. The predicted octanol–water partition coefficient (Wildman–Crippen LogP) is 4.41. The lowest BCUT2D eigenvalue weighted by Crippen LogP contribution is -1.82. The minimum atomic E-state index is 0.527. The molecule has 2 rings (SSSR count). The van der Waals surface area contributed by atoms with Gasteiger partial charge in [-0.2, -0.15) is 0 Å². The van der Waals surface area contributed by atoms with E-state index in [1.807, 2.05) is 11.4 Å². The van der Waals surface area contributed by atoms with Crippen LogP contribution in [0.2, 0.25) is 0 Å². The lowest BCUT2D eigenvalue weighted by Gasteiger charge is -2.01. The van der Waals surface area contributed by atoms with E-state index in [0.29, 0.717) is 5.88 Å². The summed E-state index contributed by atoms with van der Waals surface area (Å²) in [7, 11) is 1.68. The maximum Gasteiger partial charge on any atom is 0.137 e. The smallest absolute Gasteiger partial charge is 0.137 e. The van der Waals surface area contributed by atoms with Crippen molar-refractivity contribution in [3.63, 3.8) is 0 Å². The number of fused-ring (bicyclic) bond motifs is 1. The van der Waals surface area contributed by atoms with E-state index in [9.17, 15) is 0 Å². The average Bonchev–Trinajstić information content (AvgIpc) is 2.59. The van der Waals surface area contributed by atoms with E-state index >= 15 is 0 Å². The molecular formula is C10H8BrClOS. The molecule has 0 aliphatic rings. The molecule has 1 nitrogen and oxygen atoms in total. The molecule has 2 aromatic rings. The highest BCUT2D eigenvalue weighted by Gasteiger charge is 2.09. The van der Waals surface area contributed by atoms with Crippen molar-refractivity contribution in [2.75, 3.05) is 7.11 Å². The van der Waals surface area contributed by atoms with E-state index < -0.39 is 0 Å². The number of hydrogen-bond donors (Lipinski definition) is 0. The van der Waals surface area contributed by atoms with Gasteiger partial charge in [0.05, 0.1) is 7.11 Å². The zero-order chi connectivity index (χ0) is 10.1. The third kappa shape index (κ3) is 1.64. The third-order valence-corrected chi connectivity index (χ3v) is 3.84. The van der Waals surface area contributed by atoms with Crippen molar-refractivity contribution >= 4 is 49.0 Å². The van der Waals surface area contributed by atoms with Gasteiger partial charge in [0.2, 0.25) is 0 Å². The summed E-state index contributed by atoms with van der Waals surface area (Å²) in [5, 5.41) is 3.13. The van der Waals surface area contributed by atoms with E-state index in [4.69, 9.17) is 16.3 Å². The molecule has 0 N–H and O–H groups in total. The molecule has 0 aliphatic heterocycles. The summed E-state index contributed by atoms with van der Waals surface area (Å²) in [5.74, 6) is 1.44. The molecule has 0 amide bonds. The Balaban J connectivity index is 2.76. The highest BCUT2D eigenvalue weighted by atomic mass is 79.9. The summed E-state index contributed by atoms with van der Waals surface area (Å²) in [6.07, 6.45) is 0. The topological polar surface area (TPSA) is 9.23 Å². The highest BCUT2D eigenvalue weighted by Crippen LogP contribution is 2.37. The lowest BCUT2D eigenvalue weighted by molar-refractivity contribution is 0.421. The number of thiophene rings is 1. The molecule has 0 unspecified atom stereocenters. The highest BCUT2D eigenvalue weighted by molar-refractivity contribution is 9.10. The fourth-order valence-corrected chi connectivity index (χ4v) is 3.22. The van der Waals surface area contributed by atoms with Crippen molar-refractivity contribution in [2.45, 2.75) is 5.88 Å². The van der Waals surface area contributed by atoms with Gasteiger partial charge in [0, 0.05) is 25.8 Å². The molecule has 14 heavy (non-hydrogen) atoms. The second-order valence-electron chi connectivity index (χ2n) is 2.88. The Morgan fingerprint density at radius 3 is 2.93 bits per heavy atom. The van der Waals surface area contributed by atoms with Gasteiger partial charge in [0.25, 0.3) is 0 Å². The Bertz CT molecular complexity index is 466.